The van der Waals surface area contributed by atoms with Gasteiger partial charge in [-0.15, -0.1) is 0 Å². The zero-order chi connectivity index (χ0) is 14.0. The highest BCUT2D eigenvalue weighted by atomic mass is 16.2. The Morgan fingerprint density at radius 2 is 2.21 bits per heavy atom. The lowest BCUT2D eigenvalue weighted by Crippen LogP contribution is -2.54. The van der Waals surface area contributed by atoms with Crippen LogP contribution in [0.2, 0.25) is 0 Å². The largest absolute Gasteiger partial charge is 0.342 e. The molecule has 1 unspecified atom stereocenters. The molecule has 2 N–H and O–H groups in total. The van der Waals surface area contributed by atoms with Crippen LogP contribution in [0.25, 0.3) is 0 Å². The summed E-state index contributed by atoms with van der Waals surface area (Å²) in [6.07, 6.45) is 1.39. The van der Waals surface area contributed by atoms with Gasteiger partial charge < -0.3 is 10.6 Å². The summed E-state index contributed by atoms with van der Waals surface area (Å²) in [5.41, 5.74) is 8.42. The maximum Gasteiger partial charge on any atom is 0.227 e. The third-order valence-corrected chi connectivity index (χ3v) is 4.10. The predicted octanol–water partition coefficient (Wildman–Crippen LogP) is 2.12. The quantitative estimate of drug-likeness (QED) is 0.885. The summed E-state index contributed by atoms with van der Waals surface area (Å²) < 4.78 is 0. The number of amides is 1. The summed E-state index contributed by atoms with van der Waals surface area (Å²) >= 11 is 0. The van der Waals surface area contributed by atoms with Crippen molar-refractivity contribution in [2.75, 3.05) is 13.1 Å². The van der Waals surface area contributed by atoms with Crippen LogP contribution in [0, 0.1) is 12.3 Å². The van der Waals surface area contributed by atoms with Gasteiger partial charge in [0.1, 0.15) is 0 Å². The topological polar surface area (TPSA) is 46.3 Å². The van der Waals surface area contributed by atoms with Gasteiger partial charge in [-0.2, -0.15) is 0 Å². The average molecular weight is 260 g/mol. The summed E-state index contributed by atoms with van der Waals surface area (Å²) in [5.74, 6) is 0.213. The van der Waals surface area contributed by atoms with Gasteiger partial charge in [0.25, 0.3) is 0 Å². The van der Waals surface area contributed by atoms with Crippen molar-refractivity contribution in [3.8, 4) is 0 Å². The number of nitrogens with two attached hydrogens (primary N) is 1. The predicted molar refractivity (Wildman–Crippen MR) is 77.8 cm³/mol. The first-order chi connectivity index (χ1) is 8.88. The van der Waals surface area contributed by atoms with Gasteiger partial charge in [-0.3, -0.25) is 4.79 Å². The molecular formula is C16H24N2O. The number of benzene rings is 1. The second kappa shape index (κ2) is 5.33. The number of likely N-dealkylation sites (tertiary alicyclic amines) is 1. The van der Waals surface area contributed by atoms with E-state index in [1.807, 2.05) is 17.0 Å². The molecule has 1 fully saturated rings. The Morgan fingerprint density at radius 1 is 1.47 bits per heavy atom. The summed E-state index contributed by atoms with van der Waals surface area (Å²) in [6.45, 7) is 7.89. The molecule has 0 aliphatic carbocycles. The molecule has 19 heavy (non-hydrogen) atoms. The molecule has 1 heterocycles. The molecule has 1 atom stereocenters. The van der Waals surface area contributed by atoms with E-state index >= 15 is 0 Å². The summed E-state index contributed by atoms with van der Waals surface area (Å²) in [7, 11) is 0. The number of aryl methyl sites for hydroxylation is 1. The zero-order valence-corrected chi connectivity index (χ0v) is 12.1. The molecule has 3 heteroatoms. The van der Waals surface area contributed by atoms with E-state index in [9.17, 15) is 4.79 Å². The molecule has 0 spiro atoms. The molecule has 0 aromatic heterocycles. The van der Waals surface area contributed by atoms with E-state index in [0.29, 0.717) is 6.42 Å². The van der Waals surface area contributed by atoms with E-state index in [0.717, 1.165) is 25.1 Å². The second-order valence-corrected chi connectivity index (χ2v) is 6.36. The van der Waals surface area contributed by atoms with Crippen molar-refractivity contribution in [2.45, 2.75) is 39.7 Å². The average Bonchev–Trinajstić information content (AvgIpc) is 2.32. The van der Waals surface area contributed by atoms with Crippen molar-refractivity contribution in [3.05, 3.63) is 35.4 Å². The minimum atomic E-state index is 0.0144. The Kier molecular flexibility index (Phi) is 3.95. The second-order valence-electron chi connectivity index (χ2n) is 6.36. The minimum Gasteiger partial charge on any atom is -0.342 e. The highest BCUT2D eigenvalue weighted by Crippen LogP contribution is 2.28. The number of piperidine rings is 1. The normalized spacial score (nSPS) is 22.3. The van der Waals surface area contributed by atoms with E-state index in [1.54, 1.807) is 0 Å². The van der Waals surface area contributed by atoms with Crippen LogP contribution >= 0.6 is 0 Å². The number of hydrogen-bond acceptors (Lipinski definition) is 2. The van der Waals surface area contributed by atoms with Crippen molar-refractivity contribution in [1.82, 2.24) is 4.90 Å². The van der Waals surface area contributed by atoms with Crippen molar-refractivity contribution in [3.63, 3.8) is 0 Å². The molecule has 1 aliphatic rings. The molecule has 1 aromatic carbocycles. The van der Waals surface area contributed by atoms with Gasteiger partial charge in [0.15, 0.2) is 0 Å². The molecule has 1 aromatic rings. The SMILES string of the molecule is Cc1cccc(CC(=O)N2CCC(N)C(C)(C)C2)c1. The molecule has 0 bridgehead atoms. The fraction of sp³-hybridized carbons (Fsp3) is 0.562. The van der Waals surface area contributed by atoms with E-state index in [4.69, 9.17) is 5.73 Å². The molecule has 104 valence electrons. The number of hydrogen-bond donors (Lipinski definition) is 1. The van der Waals surface area contributed by atoms with Gasteiger partial charge in [0, 0.05) is 19.1 Å². The highest BCUT2D eigenvalue weighted by Gasteiger charge is 2.35. The fourth-order valence-electron chi connectivity index (χ4n) is 2.70. The van der Waals surface area contributed by atoms with Gasteiger partial charge in [-0.1, -0.05) is 43.7 Å². The highest BCUT2D eigenvalue weighted by molar-refractivity contribution is 5.79. The lowest BCUT2D eigenvalue weighted by atomic mass is 9.79. The van der Waals surface area contributed by atoms with Gasteiger partial charge >= 0.3 is 0 Å². The maximum atomic E-state index is 12.4. The Balaban J connectivity index is 2.01. The molecule has 1 amide bonds. The maximum absolute atomic E-state index is 12.4. The van der Waals surface area contributed by atoms with Gasteiger partial charge in [-0.25, -0.2) is 0 Å². The third-order valence-electron chi connectivity index (χ3n) is 4.10. The van der Waals surface area contributed by atoms with Gasteiger partial charge in [0.05, 0.1) is 6.42 Å². The van der Waals surface area contributed by atoms with Crippen molar-refractivity contribution < 1.29 is 4.79 Å². The monoisotopic (exact) mass is 260 g/mol. The Labute approximate surface area is 115 Å². The molecular weight excluding hydrogens is 236 g/mol. The Hall–Kier alpha value is -1.35. The van der Waals surface area contributed by atoms with Crippen LogP contribution in [0.4, 0.5) is 0 Å². The van der Waals surface area contributed by atoms with E-state index in [2.05, 4.69) is 32.9 Å². The number of nitrogens with zero attached hydrogens (tertiary/aromatic N) is 1. The van der Waals surface area contributed by atoms with Crippen molar-refractivity contribution in [2.24, 2.45) is 11.1 Å². The van der Waals surface area contributed by atoms with Crippen LogP contribution in [-0.2, 0) is 11.2 Å². The minimum absolute atomic E-state index is 0.0144. The Bertz CT molecular complexity index is 468. The van der Waals surface area contributed by atoms with E-state index in [-0.39, 0.29) is 17.4 Å². The molecule has 2 rings (SSSR count). The van der Waals surface area contributed by atoms with Crippen LogP contribution in [0.1, 0.15) is 31.4 Å². The first-order valence-corrected chi connectivity index (χ1v) is 6.97. The number of carbonyl (C=O) groups is 1. The van der Waals surface area contributed by atoms with Crippen LogP contribution in [0.3, 0.4) is 0 Å². The van der Waals surface area contributed by atoms with Crippen LogP contribution in [0.15, 0.2) is 24.3 Å². The Morgan fingerprint density at radius 3 is 2.84 bits per heavy atom. The van der Waals surface area contributed by atoms with Crippen molar-refractivity contribution >= 4 is 5.91 Å². The first-order valence-electron chi connectivity index (χ1n) is 6.97. The smallest absolute Gasteiger partial charge is 0.227 e. The molecule has 0 saturated carbocycles. The van der Waals surface area contributed by atoms with Gasteiger partial charge in [-0.05, 0) is 24.3 Å². The number of rotatable bonds is 2. The van der Waals surface area contributed by atoms with Crippen molar-refractivity contribution in [1.29, 1.82) is 0 Å². The fourth-order valence-corrected chi connectivity index (χ4v) is 2.70. The zero-order valence-electron chi connectivity index (χ0n) is 12.1. The van der Waals surface area contributed by atoms with Crippen LogP contribution in [0.5, 0.6) is 0 Å². The molecule has 1 saturated heterocycles. The lowest BCUT2D eigenvalue weighted by molar-refractivity contribution is -0.133. The third kappa shape index (κ3) is 3.35. The van der Waals surface area contributed by atoms with Crippen LogP contribution < -0.4 is 5.73 Å². The number of carbonyl (C=O) groups excluding carboxylic acids is 1. The molecule has 3 nitrogen and oxygen atoms in total. The van der Waals surface area contributed by atoms with Gasteiger partial charge in [0.2, 0.25) is 5.91 Å². The summed E-state index contributed by atoms with van der Waals surface area (Å²) in [6, 6.07) is 8.35. The van der Waals surface area contributed by atoms with E-state index in [1.165, 1.54) is 5.56 Å². The first kappa shape index (κ1) is 14.1. The lowest BCUT2D eigenvalue weighted by Gasteiger charge is -2.42. The molecule has 1 aliphatic heterocycles. The van der Waals surface area contributed by atoms with Crippen LogP contribution in [-0.4, -0.2) is 29.9 Å². The summed E-state index contributed by atoms with van der Waals surface area (Å²) in [5, 5.41) is 0. The van der Waals surface area contributed by atoms with E-state index < -0.39 is 0 Å². The summed E-state index contributed by atoms with van der Waals surface area (Å²) in [4.78, 5) is 14.3. The standard InChI is InChI=1S/C16H24N2O/c1-12-5-4-6-13(9-12)10-15(19)18-8-7-14(17)16(2,3)11-18/h4-6,9,14H,7-8,10-11,17H2,1-3H3. The molecule has 0 radical (unpaired) electrons.